The van der Waals surface area contributed by atoms with Gasteiger partial charge in [-0.25, -0.2) is 4.99 Å². The van der Waals surface area contributed by atoms with Crippen molar-refractivity contribution in [2.75, 3.05) is 40.0 Å². The van der Waals surface area contributed by atoms with Crippen molar-refractivity contribution in [1.29, 1.82) is 0 Å². The highest BCUT2D eigenvalue weighted by molar-refractivity contribution is 14.0. The Bertz CT molecular complexity index is 608. The molecule has 2 rings (SSSR count). The molecule has 0 aromatic heterocycles. The van der Waals surface area contributed by atoms with Crippen LogP contribution in [-0.4, -0.2) is 57.0 Å². The normalized spacial score (nSPS) is 14.4. The second-order valence-electron chi connectivity index (χ2n) is 7.03. The zero-order chi connectivity index (χ0) is 20.4. The number of guanidine groups is 1. The van der Waals surface area contributed by atoms with Crippen LogP contribution in [0.25, 0.3) is 0 Å². The van der Waals surface area contributed by atoms with Crippen LogP contribution in [-0.2, 0) is 22.6 Å². The van der Waals surface area contributed by atoms with Crippen molar-refractivity contribution < 1.29 is 22.6 Å². The minimum absolute atomic E-state index is 0. The molecule has 9 heteroatoms. The second kappa shape index (κ2) is 13.3. The molecule has 0 aliphatic heterocycles. The highest BCUT2D eigenvalue weighted by Gasteiger charge is 2.27. The number of hydrogen-bond donors (Lipinski definition) is 1. The van der Waals surface area contributed by atoms with Gasteiger partial charge in [0.15, 0.2) is 5.96 Å². The summed E-state index contributed by atoms with van der Waals surface area (Å²) in [5.74, 6) is 1.56. The molecule has 166 valence electrons. The van der Waals surface area contributed by atoms with E-state index in [9.17, 15) is 13.2 Å². The first-order valence-corrected chi connectivity index (χ1v) is 9.67. The van der Waals surface area contributed by atoms with E-state index in [0.717, 1.165) is 37.1 Å². The summed E-state index contributed by atoms with van der Waals surface area (Å²) in [4.78, 5) is 6.67. The zero-order valence-electron chi connectivity index (χ0n) is 17.0. The SMILES string of the molecule is CCNC(=NCc1ccc(COCC(F)(F)F)cc1)N(C)CCOCC1CC1.I. The van der Waals surface area contributed by atoms with Gasteiger partial charge in [0.25, 0.3) is 0 Å². The Kier molecular flexibility index (Phi) is 11.9. The summed E-state index contributed by atoms with van der Waals surface area (Å²) in [6.07, 6.45) is -1.73. The van der Waals surface area contributed by atoms with Gasteiger partial charge in [-0.15, -0.1) is 24.0 Å². The van der Waals surface area contributed by atoms with Crippen molar-refractivity contribution in [3.8, 4) is 0 Å². The Morgan fingerprint density at radius 3 is 2.41 bits per heavy atom. The van der Waals surface area contributed by atoms with Gasteiger partial charge in [-0.3, -0.25) is 0 Å². The standard InChI is InChI=1S/C20H30F3N3O2.HI/c1-3-24-19(26(2)10-11-27-13-17-8-9-17)25-12-16-4-6-18(7-5-16)14-28-15-20(21,22)23;/h4-7,17H,3,8-15H2,1-2H3,(H,24,25);1H. The van der Waals surface area contributed by atoms with Crippen LogP contribution in [0, 0.1) is 5.92 Å². The largest absolute Gasteiger partial charge is 0.411 e. The third kappa shape index (κ3) is 11.6. The quantitative estimate of drug-likeness (QED) is 0.202. The molecule has 0 amide bonds. The minimum Gasteiger partial charge on any atom is -0.379 e. The molecule has 1 aliphatic carbocycles. The van der Waals surface area contributed by atoms with Gasteiger partial charge in [-0.2, -0.15) is 13.2 Å². The van der Waals surface area contributed by atoms with Crippen molar-refractivity contribution in [3.63, 3.8) is 0 Å². The van der Waals surface area contributed by atoms with Gasteiger partial charge in [0, 0.05) is 26.7 Å². The van der Waals surface area contributed by atoms with E-state index in [2.05, 4.69) is 15.0 Å². The minimum atomic E-state index is -4.30. The van der Waals surface area contributed by atoms with Crippen molar-refractivity contribution in [1.82, 2.24) is 10.2 Å². The summed E-state index contributed by atoms with van der Waals surface area (Å²) in [6, 6.07) is 7.25. The lowest BCUT2D eigenvalue weighted by Gasteiger charge is -2.22. The Labute approximate surface area is 188 Å². The smallest absolute Gasteiger partial charge is 0.379 e. The van der Waals surface area contributed by atoms with E-state index >= 15 is 0 Å². The Hall–Kier alpha value is -1.07. The number of alkyl halides is 3. The molecule has 1 N–H and O–H groups in total. The van der Waals surface area contributed by atoms with Gasteiger partial charge in [0.2, 0.25) is 0 Å². The number of halogens is 4. The van der Waals surface area contributed by atoms with E-state index in [1.807, 2.05) is 31.0 Å². The predicted molar refractivity (Wildman–Crippen MR) is 119 cm³/mol. The first kappa shape index (κ1) is 26.0. The van der Waals surface area contributed by atoms with E-state index < -0.39 is 12.8 Å². The van der Waals surface area contributed by atoms with E-state index in [-0.39, 0.29) is 30.6 Å². The average Bonchev–Trinajstić information content (AvgIpc) is 3.46. The fraction of sp³-hybridized carbons (Fsp3) is 0.650. The van der Waals surface area contributed by atoms with Gasteiger partial charge in [-0.05, 0) is 36.8 Å². The zero-order valence-corrected chi connectivity index (χ0v) is 19.3. The fourth-order valence-electron chi connectivity index (χ4n) is 2.50. The molecular weight excluding hydrogens is 498 g/mol. The van der Waals surface area contributed by atoms with Crippen molar-refractivity contribution >= 4 is 29.9 Å². The molecule has 0 heterocycles. The van der Waals surface area contributed by atoms with Gasteiger partial charge in [0.1, 0.15) is 6.61 Å². The number of likely N-dealkylation sites (N-methyl/N-ethyl adjacent to an activating group) is 1. The molecule has 1 aromatic carbocycles. The number of nitrogens with zero attached hydrogens (tertiary/aromatic N) is 2. The van der Waals surface area contributed by atoms with Gasteiger partial charge in [0.05, 0.1) is 19.8 Å². The third-order valence-corrected chi connectivity index (χ3v) is 4.29. The molecule has 0 bridgehead atoms. The van der Waals surface area contributed by atoms with Crippen LogP contribution in [0.1, 0.15) is 30.9 Å². The van der Waals surface area contributed by atoms with Crippen molar-refractivity contribution in [2.45, 2.75) is 39.1 Å². The van der Waals surface area contributed by atoms with Crippen molar-refractivity contribution in [2.24, 2.45) is 10.9 Å². The van der Waals surface area contributed by atoms with Crippen LogP contribution in [0.3, 0.4) is 0 Å². The van der Waals surface area contributed by atoms with Crippen LogP contribution in [0.5, 0.6) is 0 Å². The molecule has 1 fully saturated rings. The lowest BCUT2D eigenvalue weighted by molar-refractivity contribution is -0.176. The number of hydrogen-bond acceptors (Lipinski definition) is 3. The summed E-state index contributed by atoms with van der Waals surface area (Å²) in [5.41, 5.74) is 1.68. The third-order valence-electron chi connectivity index (χ3n) is 4.29. The van der Waals surface area contributed by atoms with Crippen LogP contribution in [0.4, 0.5) is 13.2 Å². The van der Waals surface area contributed by atoms with Crippen LogP contribution >= 0.6 is 24.0 Å². The Morgan fingerprint density at radius 2 is 1.83 bits per heavy atom. The molecule has 1 saturated carbocycles. The first-order chi connectivity index (χ1) is 13.4. The topological polar surface area (TPSA) is 46.1 Å². The van der Waals surface area contributed by atoms with Crippen LogP contribution in [0.15, 0.2) is 29.3 Å². The summed E-state index contributed by atoms with van der Waals surface area (Å²) in [7, 11) is 1.98. The molecule has 0 spiro atoms. The summed E-state index contributed by atoms with van der Waals surface area (Å²) >= 11 is 0. The number of aliphatic imine (C=N–C) groups is 1. The van der Waals surface area contributed by atoms with Gasteiger partial charge in [-0.1, -0.05) is 24.3 Å². The second-order valence-corrected chi connectivity index (χ2v) is 7.03. The molecule has 5 nitrogen and oxygen atoms in total. The van der Waals surface area contributed by atoms with Gasteiger partial charge >= 0.3 is 6.18 Å². The summed E-state index contributed by atoms with van der Waals surface area (Å²) in [5, 5.41) is 3.26. The first-order valence-electron chi connectivity index (χ1n) is 9.67. The lowest BCUT2D eigenvalue weighted by Crippen LogP contribution is -2.40. The molecule has 1 aliphatic rings. The molecule has 1 aromatic rings. The monoisotopic (exact) mass is 529 g/mol. The van der Waals surface area contributed by atoms with Crippen LogP contribution < -0.4 is 5.32 Å². The van der Waals surface area contributed by atoms with E-state index in [4.69, 9.17) is 4.74 Å². The molecule has 0 saturated heterocycles. The maximum absolute atomic E-state index is 12.1. The number of ether oxygens (including phenoxy) is 2. The molecular formula is C20H31F3IN3O2. The molecule has 0 atom stereocenters. The number of benzene rings is 1. The van der Waals surface area contributed by atoms with Gasteiger partial charge < -0.3 is 19.7 Å². The predicted octanol–water partition coefficient (Wildman–Crippen LogP) is 4.21. The molecule has 29 heavy (non-hydrogen) atoms. The van der Waals surface area contributed by atoms with E-state index in [0.29, 0.717) is 18.7 Å². The highest BCUT2D eigenvalue weighted by Crippen LogP contribution is 2.28. The van der Waals surface area contributed by atoms with E-state index in [1.165, 1.54) is 12.8 Å². The Morgan fingerprint density at radius 1 is 1.17 bits per heavy atom. The van der Waals surface area contributed by atoms with E-state index in [1.54, 1.807) is 12.1 Å². The number of nitrogens with one attached hydrogen (secondary N) is 1. The Balaban J connectivity index is 0.00000420. The summed E-state index contributed by atoms with van der Waals surface area (Å²) < 4.78 is 46.7. The highest BCUT2D eigenvalue weighted by atomic mass is 127. The molecule has 0 radical (unpaired) electrons. The van der Waals surface area contributed by atoms with Crippen molar-refractivity contribution in [3.05, 3.63) is 35.4 Å². The fourth-order valence-corrected chi connectivity index (χ4v) is 2.50. The number of rotatable bonds is 11. The van der Waals surface area contributed by atoms with Crippen LogP contribution in [0.2, 0.25) is 0 Å². The average molecular weight is 529 g/mol. The molecule has 0 unspecified atom stereocenters. The lowest BCUT2D eigenvalue weighted by atomic mass is 10.1. The summed E-state index contributed by atoms with van der Waals surface area (Å²) in [6.45, 7) is 4.25. The maximum Gasteiger partial charge on any atom is 0.411 e. The maximum atomic E-state index is 12.1.